The smallest absolute Gasteiger partial charge is 0.0543 e. The van der Waals surface area contributed by atoms with Gasteiger partial charge in [-0.3, -0.25) is 14.5 Å². The molecular formula is C22H38N6. The molecule has 1 aromatic rings. The summed E-state index contributed by atoms with van der Waals surface area (Å²) in [5.41, 5.74) is 0. The average Bonchev–Trinajstić information content (AvgIpc) is 3.51. The highest BCUT2D eigenvalue weighted by Gasteiger charge is 2.37. The molecule has 4 saturated heterocycles. The Kier molecular flexibility index (Phi) is 6.00. The van der Waals surface area contributed by atoms with Gasteiger partial charge < -0.3 is 10.2 Å². The molecule has 4 aliphatic rings. The summed E-state index contributed by atoms with van der Waals surface area (Å²) < 4.78 is 2.17. The van der Waals surface area contributed by atoms with Crippen LogP contribution in [0, 0.1) is 5.92 Å². The van der Waals surface area contributed by atoms with Gasteiger partial charge in [0.05, 0.1) is 6.04 Å². The molecule has 0 saturated carbocycles. The average molecular weight is 387 g/mol. The van der Waals surface area contributed by atoms with Crippen molar-refractivity contribution in [1.82, 2.24) is 29.8 Å². The van der Waals surface area contributed by atoms with Gasteiger partial charge in [-0.15, -0.1) is 0 Å². The highest BCUT2D eigenvalue weighted by molar-refractivity contribution is 4.95. The number of likely N-dealkylation sites (tertiary alicyclic amines) is 3. The van der Waals surface area contributed by atoms with E-state index in [4.69, 9.17) is 0 Å². The molecule has 3 atom stereocenters. The highest BCUT2D eigenvalue weighted by Crippen LogP contribution is 2.29. The van der Waals surface area contributed by atoms with Crippen LogP contribution in [0.25, 0.3) is 0 Å². The van der Waals surface area contributed by atoms with E-state index < -0.39 is 0 Å². The molecule has 1 N–H and O–H groups in total. The van der Waals surface area contributed by atoms with Crippen LogP contribution >= 0.6 is 0 Å². The summed E-state index contributed by atoms with van der Waals surface area (Å²) in [6.45, 7) is 11.5. The van der Waals surface area contributed by atoms with Crippen molar-refractivity contribution in [1.29, 1.82) is 0 Å². The maximum absolute atomic E-state index is 4.46. The molecule has 0 amide bonds. The topological polar surface area (TPSA) is 39.6 Å². The van der Waals surface area contributed by atoms with Crippen molar-refractivity contribution in [3.05, 3.63) is 18.5 Å². The Bertz CT molecular complexity index is 590. The minimum atomic E-state index is 0.606. The second kappa shape index (κ2) is 8.82. The van der Waals surface area contributed by atoms with E-state index in [1.54, 1.807) is 0 Å². The van der Waals surface area contributed by atoms with Crippen molar-refractivity contribution in [2.24, 2.45) is 5.92 Å². The number of aromatic nitrogens is 2. The van der Waals surface area contributed by atoms with Crippen LogP contribution in [-0.4, -0.2) is 95.5 Å². The largest absolute Gasteiger partial charge is 0.315 e. The zero-order valence-corrected chi connectivity index (χ0v) is 17.4. The molecule has 0 aliphatic carbocycles. The lowest BCUT2D eigenvalue weighted by Gasteiger charge is -2.42. The number of hydrogen-bond donors (Lipinski definition) is 1. The van der Waals surface area contributed by atoms with E-state index in [9.17, 15) is 0 Å². The molecule has 5 rings (SSSR count). The van der Waals surface area contributed by atoms with Gasteiger partial charge in [0.2, 0.25) is 0 Å². The van der Waals surface area contributed by atoms with Gasteiger partial charge in [0.1, 0.15) is 0 Å². The molecule has 6 heteroatoms. The van der Waals surface area contributed by atoms with E-state index >= 15 is 0 Å². The minimum absolute atomic E-state index is 0.606. The molecule has 6 nitrogen and oxygen atoms in total. The van der Waals surface area contributed by atoms with Crippen molar-refractivity contribution in [3.63, 3.8) is 0 Å². The zero-order chi connectivity index (χ0) is 18.8. The van der Waals surface area contributed by atoms with Crippen LogP contribution < -0.4 is 5.32 Å². The fraction of sp³-hybridized carbons (Fsp3) is 0.864. The maximum Gasteiger partial charge on any atom is 0.0543 e. The minimum Gasteiger partial charge on any atom is -0.315 e. The molecule has 28 heavy (non-hydrogen) atoms. The van der Waals surface area contributed by atoms with E-state index in [2.05, 4.69) is 42.1 Å². The molecule has 156 valence electrons. The van der Waals surface area contributed by atoms with E-state index in [1.165, 1.54) is 97.4 Å². The van der Waals surface area contributed by atoms with E-state index in [1.807, 2.05) is 6.20 Å². The summed E-state index contributed by atoms with van der Waals surface area (Å²) in [5.74, 6) is 0.833. The van der Waals surface area contributed by atoms with Crippen LogP contribution in [0.5, 0.6) is 0 Å². The zero-order valence-electron chi connectivity index (χ0n) is 17.4. The highest BCUT2D eigenvalue weighted by atomic mass is 15.3. The molecule has 0 radical (unpaired) electrons. The lowest BCUT2D eigenvalue weighted by Crippen LogP contribution is -2.54. The third-order valence-electron chi connectivity index (χ3n) is 7.86. The van der Waals surface area contributed by atoms with Crippen molar-refractivity contribution in [2.75, 3.05) is 58.9 Å². The van der Waals surface area contributed by atoms with Crippen molar-refractivity contribution >= 4 is 0 Å². The Morgan fingerprint density at radius 3 is 2.50 bits per heavy atom. The van der Waals surface area contributed by atoms with Crippen LogP contribution in [-0.2, 0) is 0 Å². The van der Waals surface area contributed by atoms with Crippen LogP contribution in [0.15, 0.2) is 18.5 Å². The maximum atomic E-state index is 4.46. The monoisotopic (exact) mass is 386 g/mol. The van der Waals surface area contributed by atoms with E-state index in [0.29, 0.717) is 6.04 Å². The fourth-order valence-electron chi connectivity index (χ4n) is 6.21. The van der Waals surface area contributed by atoms with Gasteiger partial charge in [-0.25, -0.2) is 0 Å². The number of nitrogens with zero attached hydrogens (tertiary/aromatic N) is 5. The normalized spacial score (nSPS) is 34.4. The first-order chi connectivity index (χ1) is 13.9. The lowest BCUT2D eigenvalue weighted by molar-refractivity contribution is 0.0814. The first-order valence-corrected chi connectivity index (χ1v) is 11.8. The van der Waals surface area contributed by atoms with Gasteiger partial charge in [0, 0.05) is 63.7 Å². The molecule has 5 heterocycles. The summed E-state index contributed by atoms with van der Waals surface area (Å²) in [5, 5.41) is 8.17. The molecule has 3 unspecified atom stereocenters. The Labute approximate surface area is 170 Å². The summed E-state index contributed by atoms with van der Waals surface area (Å²) in [7, 11) is 0. The number of nitrogens with one attached hydrogen (secondary N) is 1. The summed E-state index contributed by atoms with van der Waals surface area (Å²) in [4.78, 5) is 8.36. The first kappa shape index (κ1) is 19.0. The van der Waals surface area contributed by atoms with Gasteiger partial charge in [-0.2, -0.15) is 5.10 Å². The van der Waals surface area contributed by atoms with E-state index in [-0.39, 0.29) is 0 Å². The Morgan fingerprint density at radius 2 is 1.71 bits per heavy atom. The predicted molar refractivity (Wildman–Crippen MR) is 112 cm³/mol. The number of rotatable bonds is 5. The fourth-order valence-corrected chi connectivity index (χ4v) is 6.21. The van der Waals surface area contributed by atoms with Crippen molar-refractivity contribution in [2.45, 2.75) is 56.7 Å². The molecular weight excluding hydrogens is 348 g/mol. The Morgan fingerprint density at radius 1 is 0.893 bits per heavy atom. The van der Waals surface area contributed by atoms with Crippen LogP contribution in [0.4, 0.5) is 0 Å². The summed E-state index contributed by atoms with van der Waals surface area (Å²) >= 11 is 0. The molecule has 0 spiro atoms. The van der Waals surface area contributed by atoms with Gasteiger partial charge in [0.15, 0.2) is 0 Å². The predicted octanol–water partition coefficient (Wildman–Crippen LogP) is 1.67. The van der Waals surface area contributed by atoms with Gasteiger partial charge in [0.25, 0.3) is 0 Å². The van der Waals surface area contributed by atoms with E-state index in [0.717, 1.165) is 18.0 Å². The Balaban J connectivity index is 1.14. The molecule has 0 aromatic carbocycles. The number of hydrogen-bond acceptors (Lipinski definition) is 5. The second-order valence-corrected chi connectivity index (χ2v) is 9.52. The number of piperidine rings is 2. The molecule has 4 aliphatic heterocycles. The third-order valence-corrected chi connectivity index (χ3v) is 7.86. The standard InChI is InChI=1S/C22H38N6/c1-2-11-26(10-1)21-7-15-27(18-21)22-16-23-9-4-19(22)17-25-13-5-20(6-14-25)28-12-3-8-24-28/h3,8,12,19-23H,1-2,4-7,9-11,13-18H2. The van der Waals surface area contributed by atoms with Crippen molar-refractivity contribution in [3.8, 4) is 0 Å². The molecule has 0 bridgehead atoms. The van der Waals surface area contributed by atoms with Crippen LogP contribution in [0.2, 0.25) is 0 Å². The lowest BCUT2D eigenvalue weighted by atomic mass is 9.90. The molecule has 1 aromatic heterocycles. The van der Waals surface area contributed by atoms with Crippen LogP contribution in [0.1, 0.15) is 44.6 Å². The quantitative estimate of drug-likeness (QED) is 0.834. The summed E-state index contributed by atoms with van der Waals surface area (Å²) in [6.07, 6.45) is 12.1. The second-order valence-electron chi connectivity index (χ2n) is 9.52. The van der Waals surface area contributed by atoms with Gasteiger partial charge in [-0.1, -0.05) is 0 Å². The van der Waals surface area contributed by atoms with Gasteiger partial charge in [-0.05, 0) is 70.1 Å². The van der Waals surface area contributed by atoms with Crippen molar-refractivity contribution < 1.29 is 0 Å². The molecule has 4 fully saturated rings. The van der Waals surface area contributed by atoms with Crippen LogP contribution in [0.3, 0.4) is 0 Å². The first-order valence-electron chi connectivity index (χ1n) is 11.8. The Hall–Kier alpha value is -0.950. The summed E-state index contributed by atoms with van der Waals surface area (Å²) in [6, 6.07) is 4.23. The van der Waals surface area contributed by atoms with Gasteiger partial charge >= 0.3 is 0 Å². The third kappa shape index (κ3) is 4.16. The SMILES string of the molecule is c1cnn(C2CCN(CC3CCNCC3N3CCC(N4CCCC4)C3)CC2)c1.